The van der Waals surface area contributed by atoms with E-state index in [0.717, 1.165) is 5.56 Å². The number of nitrogens with one attached hydrogen (secondary N) is 1. The smallest absolute Gasteiger partial charge is 0.342 e. The first kappa shape index (κ1) is 18.7. The van der Waals surface area contributed by atoms with Crippen molar-refractivity contribution in [2.45, 2.75) is 17.6 Å². The van der Waals surface area contributed by atoms with Gasteiger partial charge in [0.1, 0.15) is 11.3 Å². The molecule has 0 aliphatic carbocycles. The number of amides is 1. The van der Waals surface area contributed by atoms with E-state index in [0.29, 0.717) is 22.3 Å². The van der Waals surface area contributed by atoms with Crippen molar-refractivity contribution in [3.63, 3.8) is 0 Å². The molecule has 0 aliphatic heterocycles. The van der Waals surface area contributed by atoms with Gasteiger partial charge in [-0.25, -0.2) is 4.79 Å². The number of esters is 1. The zero-order valence-corrected chi connectivity index (χ0v) is 14.0. The average Bonchev–Trinajstić information content (AvgIpc) is 2.56. The third-order valence-corrected chi connectivity index (χ3v) is 3.79. The van der Waals surface area contributed by atoms with Crippen LogP contribution in [0.2, 0.25) is 0 Å². The number of hydrogen-bond acceptors (Lipinski definition) is 5. The second-order valence-corrected chi connectivity index (χ2v) is 6.11. The molecule has 0 unspecified atom stereocenters. The molecule has 2 aromatic carbocycles. The Labute approximate surface area is 147 Å². The molecule has 0 radical (unpaired) electrons. The Hall–Kier alpha value is -2.61. The fourth-order valence-electron chi connectivity index (χ4n) is 1.94. The van der Waals surface area contributed by atoms with Gasteiger partial charge in [0, 0.05) is 10.6 Å². The number of ether oxygens (including phenoxy) is 1. The van der Waals surface area contributed by atoms with Crippen LogP contribution in [-0.4, -0.2) is 29.3 Å². The number of benzene rings is 2. The van der Waals surface area contributed by atoms with Gasteiger partial charge in [-0.2, -0.15) is 8.78 Å². The topological polar surface area (TPSA) is 75.6 Å². The SMILES string of the molecule is Cc1ccc(O)c(C(=O)OCC(=O)Nc2ccc(SC(F)F)cc2)c1. The normalized spacial score (nSPS) is 10.6. The largest absolute Gasteiger partial charge is 0.507 e. The van der Waals surface area contributed by atoms with E-state index in [9.17, 15) is 23.5 Å². The van der Waals surface area contributed by atoms with Crippen LogP contribution in [-0.2, 0) is 9.53 Å². The summed E-state index contributed by atoms with van der Waals surface area (Å²) in [6, 6.07) is 10.3. The lowest BCUT2D eigenvalue weighted by Crippen LogP contribution is -2.21. The van der Waals surface area contributed by atoms with Crippen LogP contribution in [0.1, 0.15) is 15.9 Å². The molecule has 2 rings (SSSR count). The number of rotatable bonds is 6. The van der Waals surface area contributed by atoms with E-state index in [4.69, 9.17) is 4.74 Å². The number of hydrogen-bond donors (Lipinski definition) is 2. The van der Waals surface area contributed by atoms with E-state index in [1.54, 1.807) is 13.0 Å². The van der Waals surface area contributed by atoms with Crippen LogP contribution in [0.15, 0.2) is 47.4 Å². The first-order valence-corrected chi connectivity index (χ1v) is 8.04. The summed E-state index contributed by atoms with van der Waals surface area (Å²) in [5.74, 6) is -4.16. The summed E-state index contributed by atoms with van der Waals surface area (Å²) >= 11 is 0.401. The summed E-state index contributed by atoms with van der Waals surface area (Å²) in [4.78, 5) is 24.0. The molecule has 25 heavy (non-hydrogen) atoms. The van der Waals surface area contributed by atoms with E-state index in [2.05, 4.69) is 5.32 Å². The fourth-order valence-corrected chi connectivity index (χ4v) is 2.44. The number of aromatic hydroxyl groups is 1. The highest BCUT2D eigenvalue weighted by Gasteiger charge is 2.15. The van der Waals surface area contributed by atoms with Gasteiger partial charge in [0.15, 0.2) is 6.61 Å². The lowest BCUT2D eigenvalue weighted by Gasteiger charge is -2.08. The van der Waals surface area contributed by atoms with Crippen molar-refractivity contribution in [2.24, 2.45) is 0 Å². The van der Waals surface area contributed by atoms with Crippen molar-refractivity contribution in [1.82, 2.24) is 0 Å². The maximum atomic E-state index is 12.2. The van der Waals surface area contributed by atoms with Crippen LogP contribution in [0.4, 0.5) is 14.5 Å². The third kappa shape index (κ3) is 5.75. The van der Waals surface area contributed by atoms with Crippen molar-refractivity contribution in [3.8, 4) is 5.75 Å². The molecule has 0 saturated carbocycles. The summed E-state index contributed by atoms with van der Waals surface area (Å²) in [6.07, 6.45) is 0. The van der Waals surface area contributed by atoms with E-state index < -0.39 is 24.2 Å². The Morgan fingerprint density at radius 3 is 2.52 bits per heavy atom. The minimum absolute atomic E-state index is 0.0267. The number of carbonyl (C=O) groups is 2. The maximum absolute atomic E-state index is 12.2. The third-order valence-electron chi connectivity index (χ3n) is 3.07. The summed E-state index contributed by atoms with van der Waals surface area (Å²) in [7, 11) is 0. The van der Waals surface area contributed by atoms with Crippen molar-refractivity contribution in [3.05, 3.63) is 53.6 Å². The van der Waals surface area contributed by atoms with Crippen LogP contribution in [0.25, 0.3) is 0 Å². The van der Waals surface area contributed by atoms with Crippen molar-refractivity contribution >= 4 is 29.3 Å². The van der Waals surface area contributed by atoms with Crippen molar-refractivity contribution in [1.29, 1.82) is 0 Å². The first-order chi connectivity index (χ1) is 11.8. The molecular formula is C17H15F2NO4S. The number of phenols is 1. The summed E-state index contributed by atoms with van der Waals surface area (Å²) in [6.45, 7) is 1.21. The van der Waals surface area contributed by atoms with Gasteiger partial charge >= 0.3 is 5.97 Å². The number of aryl methyl sites for hydroxylation is 1. The van der Waals surface area contributed by atoms with Gasteiger partial charge in [-0.15, -0.1) is 0 Å². The second-order valence-electron chi connectivity index (χ2n) is 5.05. The quantitative estimate of drug-likeness (QED) is 0.600. The van der Waals surface area contributed by atoms with Crippen LogP contribution in [0.5, 0.6) is 5.75 Å². The zero-order valence-electron chi connectivity index (χ0n) is 13.2. The molecule has 8 heteroatoms. The highest BCUT2D eigenvalue weighted by molar-refractivity contribution is 7.99. The van der Waals surface area contributed by atoms with E-state index in [-0.39, 0.29) is 11.3 Å². The Bertz CT molecular complexity index is 766. The summed E-state index contributed by atoms with van der Waals surface area (Å²) in [5, 5.41) is 12.1. The molecule has 0 bridgehead atoms. The van der Waals surface area contributed by atoms with Gasteiger partial charge in [-0.3, -0.25) is 4.79 Å². The molecule has 1 amide bonds. The Kier molecular flexibility index (Phi) is 6.35. The molecule has 2 aromatic rings. The maximum Gasteiger partial charge on any atom is 0.342 e. The molecular weight excluding hydrogens is 352 g/mol. The van der Waals surface area contributed by atoms with Gasteiger partial charge in [0.2, 0.25) is 0 Å². The van der Waals surface area contributed by atoms with Gasteiger partial charge < -0.3 is 15.2 Å². The summed E-state index contributed by atoms with van der Waals surface area (Å²) < 4.78 is 29.3. The Balaban J connectivity index is 1.88. The highest BCUT2D eigenvalue weighted by atomic mass is 32.2. The molecule has 0 spiro atoms. The summed E-state index contributed by atoms with van der Waals surface area (Å²) in [5.41, 5.74) is 1.12. The first-order valence-electron chi connectivity index (χ1n) is 7.16. The molecule has 5 nitrogen and oxygen atoms in total. The average molecular weight is 367 g/mol. The molecule has 0 aromatic heterocycles. The minimum Gasteiger partial charge on any atom is -0.507 e. The van der Waals surface area contributed by atoms with Crippen LogP contribution >= 0.6 is 11.8 Å². The molecule has 2 N–H and O–H groups in total. The Morgan fingerprint density at radius 2 is 1.88 bits per heavy atom. The fraction of sp³-hybridized carbons (Fsp3) is 0.176. The van der Waals surface area contributed by atoms with E-state index in [1.165, 1.54) is 36.4 Å². The number of alkyl halides is 2. The van der Waals surface area contributed by atoms with Crippen LogP contribution < -0.4 is 5.32 Å². The molecule has 0 heterocycles. The molecule has 0 aliphatic rings. The molecule has 0 atom stereocenters. The predicted molar refractivity (Wildman–Crippen MR) is 90.1 cm³/mol. The zero-order chi connectivity index (χ0) is 18.4. The number of anilines is 1. The number of phenolic OH excluding ortho intramolecular Hbond substituents is 1. The lowest BCUT2D eigenvalue weighted by atomic mass is 10.1. The van der Waals surface area contributed by atoms with Crippen molar-refractivity contribution < 1.29 is 28.2 Å². The second kappa shape index (κ2) is 8.48. The van der Waals surface area contributed by atoms with E-state index in [1.807, 2.05) is 0 Å². The Morgan fingerprint density at radius 1 is 1.20 bits per heavy atom. The predicted octanol–water partition coefficient (Wildman–Crippen LogP) is 3.81. The molecule has 132 valence electrons. The van der Waals surface area contributed by atoms with Crippen LogP contribution in [0.3, 0.4) is 0 Å². The standard InChI is InChI=1S/C17H15F2NO4S/c1-10-2-7-14(21)13(8-10)16(23)24-9-15(22)20-11-3-5-12(6-4-11)25-17(18)19/h2-8,17,21H,9H2,1H3,(H,20,22). The number of thioether (sulfide) groups is 1. The molecule has 0 fully saturated rings. The van der Waals surface area contributed by atoms with Gasteiger partial charge in [-0.05, 0) is 43.3 Å². The van der Waals surface area contributed by atoms with Gasteiger partial charge in [0.05, 0.1) is 0 Å². The van der Waals surface area contributed by atoms with Crippen LogP contribution in [0, 0.1) is 6.92 Å². The lowest BCUT2D eigenvalue weighted by molar-refractivity contribution is -0.119. The number of halogens is 2. The monoisotopic (exact) mass is 367 g/mol. The van der Waals surface area contributed by atoms with E-state index >= 15 is 0 Å². The highest BCUT2D eigenvalue weighted by Crippen LogP contribution is 2.26. The van der Waals surface area contributed by atoms with Gasteiger partial charge in [0.25, 0.3) is 11.7 Å². The number of carbonyl (C=O) groups excluding carboxylic acids is 2. The van der Waals surface area contributed by atoms with Gasteiger partial charge in [-0.1, -0.05) is 23.4 Å². The van der Waals surface area contributed by atoms with Crippen molar-refractivity contribution in [2.75, 3.05) is 11.9 Å². The molecule has 0 saturated heterocycles. The minimum atomic E-state index is -2.52.